The Kier molecular flexibility index (Phi) is 5.41. The minimum Gasteiger partial charge on any atom is -0.478 e. The number of nitrogens with zero attached hydrogens (tertiary/aromatic N) is 3. The lowest BCUT2D eigenvalue weighted by atomic mass is 10.2. The molecule has 0 saturated heterocycles. The van der Waals surface area contributed by atoms with Gasteiger partial charge < -0.3 is 5.11 Å². The van der Waals surface area contributed by atoms with Crippen molar-refractivity contribution in [2.45, 2.75) is 20.0 Å². The molecule has 1 N–H and O–H groups in total. The first kappa shape index (κ1) is 18.2. The Balaban J connectivity index is 2.09. The molecule has 8 heteroatoms. The molecule has 0 spiro atoms. The van der Waals surface area contributed by atoms with Crippen molar-refractivity contribution in [3.8, 4) is 0 Å². The highest BCUT2D eigenvalue weighted by molar-refractivity contribution is 7.99. The maximum Gasteiger partial charge on any atom is 0.337 e. The molecule has 1 aromatic carbocycles. The van der Waals surface area contributed by atoms with Crippen molar-refractivity contribution in [2.24, 2.45) is 0 Å². The largest absolute Gasteiger partial charge is 0.478 e. The molecule has 0 amide bonds. The van der Waals surface area contributed by atoms with Gasteiger partial charge in [-0.25, -0.2) is 19.0 Å². The lowest BCUT2D eigenvalue weighted by molar-refractivity contribution is 0.0696. The molecule has 3 aromatic rings. The molecular weight excluding hydrogens is 357 g/mol. The molecule has 0 bridgehead atoms. The van der Waals surface area contributed by atoms with E-state index >= 15 is 0 Å². The average molecular weight is 375 g/mol. The van der Waals surface area contributed by atoms with Gasteiger partial charge >= 0.3 is 11.7 Å². The molecule has 3 rings (SSSR count). The van der Waals surface area contributed by atoms with Crippen molar-refractivity contribution in [1.82, 2.24) is 14.1 Å². The van der Waals surface area contributed by atoms with E-state index in [2.05, 4.69) is 4.98 Å². The molecule has 136 valence electrons. The summed E-state index contributed by atoms with van der Waals surface area (Å²) in [4.78, 5) is 28.4. The number of imidazole rings is 1. The van der Waals surface area contributed by atoms with E-state index in [1.807, 2.05) is 6.92 Å². The predicted octanol–water partition coefficient (Wildman–Crippen LogP) is 2.84. The molecule has 0 radical (unpaired) electrons. The first-order valence-electron chi connectivity index (χ1n) is 8.15. The highest BCUT2D eigenvalue weighted by Gasteiger charge is 2.17. The second-order valence-corrected chi connectivity index (χ2v) is 7.11. The number of fused-ring (bicyclic) bond motifs is 1. The van der Waals surface area contributed by atoms with Gasteiger partial charge in [0.05, 0.1) is 17.6 Å². The van der Waals surface area contributed by atoms with E-state index in [1.54, 1.807) is 28.5 Å². The molecule has 0 fully saturated rings. The average Bonchev–Trinajstić information content (AvgIpc) is 2.88. The summed E-state index contributed by atoms with van der Waals surface area (Å²) in [7, 11) is 0. The number of pyridine rings is 1. The molecular formula is C18H18FN3O3S. The van der Waals surface area contributed by atoms with Crippen LogP contribution in [0.5, 0.6) is 0 Å². The van der Waals surface area contributed by atoms with E-state index in [9.17, 15) is 19.1 Å². The van der Waals surface area contributed by atoms with Crippen molar-refractivity contribution >= 4 is 28.9 Å². The van der Waals surface area contributed by atoms with Crippen LogP contribution in [0, 0.1) is 5.82 Å². The zero-order chi connectivity index (χ0) is 18.7. The number of benzene rings is 1. The fourth-order valence-corrected chi connectivity index (χ4v) is 3.34. The van der Waals surface area contributed by atoms with Gasteiger partial charge in [0, 0.05) is 18.5 Å². The van der Waals surface area contributed by atoms with Crippen LogP contribution < -0.4 is 5.69 Å². The van der Waals surface area contributed by atoms with Crippen LogP contribution in [0.15, 0.2) is 41.3 Å². The van der Waals surface area contributed by atoms with Gasteiger partial charge in [-0.3, -0.25) is 9.13 Å². The summed E-state index contributed by atoms with van der Waals surface area (Å²) >= 11 is 1.70. The number of carboxylic acid groups (broad SMARTS) is 1. The molecule has 6 nitrogen and oxygen atoms in total. The van der Waals surface area contributed by atoms with Gasteiger partial charge in [0.15, 0.2) is 5.65 Å². The van der Waals surface area contributed by atoms with Crippen LogP contribution in [0.2, 0.25) is 0 Å². The summed E-state index contributed by atoms with van der Waals surface area (Å²) in [5, 5.41) is 9.21. The standard InChI is InChI=1S/C18H18FN3O3S/c1-2-26-8-7-21-15-9-13(17(23)24)10-20-16(15)22(18(21)25)11-12-3-5-14(19)6-4-12/h3-6,9-10H,2,7-8,11H2,1H3,(H,23,24). The van der Waals surface area contributed by atoms with Gasteiger partial charge in [-0.15, -0.1) is 0 Å². The van der Waals surface area contributed by atoms with E-state index < -0.39 is 5.97 Å². The highest BCUT2D eigenvalue weighted by Crippen LogP contribution is 2.16. The van der Waals surface area contributed by atoms with E-state index in [-0.39, 0.29) is 23.6 Å². The summed E-state index contributed by atoms with van der Waals surface area (Å²) in [5.41, 5.74) is 1.46. The van der Waals surface area contributed by atoms with Gasteiger partial charge in [0.1, 0.15) is 5.82 Å². The third kappa shape index (κ3) is 3.65. The second kappa shape index (κ2) is 7.74. The number of rotatable bonds is 7. The Morgan fingerprint density at radius 2 is 2.00 bits per heavy atom. The fourth-order valence-electron chi connectivity index (χ4n) is 2.74. The van der Waals surface area contributed by atoms with Crippen LogP contribution in [0.25, 0.3) is 11.2 Å². The van der Waals surface area contributed by atoms with Gasteiger partial charge in [0.25, 0.3) is 0 Å². The summed E-state index contributed by atoms with van der Waals surface area (Å²) in [6.45, 7) is 2.74. The van der Waals surface area contributed by atoms with Gasteiger partial charge in [-0.1, -0.05) is 19.1 Å². The highest BCUT2D eigenvalue weighted by atomic mass is 32.2. The molecule has 2 aromatic heterocycles. The van der Waals surface area contributed by atoms with Crippen molar-refractivity contribution in [3.63, 3.8) is 0 Å². The molecule has 0 aliphatic rings. The van der Waals surface area contributed by atoms with Gasteiger partial charge in [-0.2, -0.15) is 11.8 Å². The lowest BCUT2D eigenvalue weighted by Gasteiger charge is -2.03. The van der Waals surface area contributed by atoms with E-state index in [0.717, 1.165) is 17.1 Å². The van der Waals surface area contributed by atoms with Crippen molar-refractivity contribution in [1.29, 1.82) is 0 Å². The minimum atomic E-state index is -1.09. The van der Waals surface area contributed by atoms with Gasteiger partial charge in [-0.05, 0) is 29.5 Å². The second-order valence-electron chi connectivity index (χ2n) is 5.72. The van der Waals surface area contributed by atoms with Crippen LogP contribution in [0.4, 0.5) is 4.39 Å². The van der Waals surface area contributed by atoms with Crippen molar-refractivity contribution in [3.05, 3.63) is 64.0 Å². The maximum absolute atomic E-state index is 13.1. The Hall–Kier alpha value is -2.61. The third-order valence-electron chi connectivity index (χ3n) is 4.02. The number of carboxylic acids is 1. The first-order chi connectivity index (χ1) is 12.5. The number of hydrogen-bond donors (Lipinski definition) is 1. The lowest BCUT2D eigenvalue weighted by Crippen LogP contribution is -2.25. The monoisotopic (exact) mass is 375 g/mol. The fraction of sp³-hybridized carbons (Fsp3) is 0.278. The Labute approximate surface area is 153 Å². The van der Waals surface area contributed by atoms with E-state index in [1.165, 1.54) is 29.0 Å². The number of carbonyl (C=O) groups is 1. The number of halogens is 1. The normalized spacial score (nSPS) is 11.2. The molecule has 2 heterocycles. The molecule has 0 aliphatic carbocycles. The molecule has 0 unspecified atom stereocenters. The van der Waals surface area contributed by atoms with Crippen LogP contribution in [0.3, 0.4) is 0 Å². The number of hydrogen-bond acceptors (Lipinski definition) is 4. The molecule has 0 saturated carbocycles. The van der Waals surface area contributed by atoms with E-state index in [4.69, 9.17) is 0 Å². The van der Waals surface area contributed by atoms with Crippen molar-refractivity contribution < 1.29 is 14.3 Å². The Morgan fingerprint density at radius 1 is 1.27 bits per heavy atom. The van der Waals surface area contributed by atoms with Crippen LogP contribution in [0.1, 0.15) is 22.8 Å². The summed E-state index contributed by atoms with van der Waals surface area (Å²) in [6, 6.07) is 7.39. The number of aromatic nitrogens is 3. The van der Waals surface area contributed by atoms with E-state index in [0.29, 0.717) is 17.7 Å². The zero-order valence-corrected chi connectivity index (χ0v) is 15.0. The van der Waals surface area contributed by atoms with Crippen LogP contribution >= 0.6 is 11.8 Å². The summed E-state index contributed by atoms with van der Waals surface area (Å²) in [6.07, 6.45) is 1.25. The maximum atomic E-state index is 13.1. The molecule has 0 aliphatic heterocycles. The van der Waals surface area contributed by atoms with Gasteiger partial charge in [0.2, 0.25) is 0 Å². The molecule has 26 heavy (non-hydrogen) atoms. The SMILES string of the molecule is CCSCCn1c(=O)n(Cc2ccc(F)cc2)c2ncc(C(=O)O)cc21. The van der Waals surface area contributed by atoms with Crippen molar-refractivity contribution in [2.75, 3.05) is 11.5 Å². The number of aryl methyl sites for hydroxylation is 1. The topological polar surface area (TPSA) is 77.1 Å². The minimum absolute atomic E-state index is 0.0355. The van der Waals surface area contributed by atoms with Crippen LogP contribution in [-0.2, 0) is 13.1 Å². The smallest absolute Gasteiger partial charge is 0.337 e. The Bertz CT molecular complexity index is 995. The quantitative estimate of drug-likeness (QED) is 0.643. The first-order valence-corrected chi connectivity index (χ1v) is 9.31. The Morgan fingerprint density at radius 3 is 2.65 bits per heavy atom. The number of aromatic carboxylic acids is 1. The summed E-state index contributed by atoms with van der Waals surface area (Å²) < 4.78 is 16.2. The summed E-state index contributed by atoms with van der Waals surface area (Å²) in [5.74, 6) is 0.238. The predicted molar refractivity (Wildman–Crippen MR) is 99.5 cm³/mol. The van der Waals surface area contributed by atoms with Crippen LogP contribution in [-0.4, -0.2) is 36.7 Å². The third-order valence-corrected chi connectivity index (χ3v) is 4.90. The molecule has 0 atom stereocenters. The number of thioether (sulfide) groups is 1. The zero-order valence-electron chi connectivity index (χ0n) is 14.2.